The molecule has 2 aromatic heterocycles. The van der Waals surface area contributed by atoms with Gasteiger partial charge in [-0.3, -0.25) is 14.4 Å². The molecule has 154 valence electrons. The number of rotatable bonds is 5. The summed E-state index contributed by atoms with van der Waals surface area (Å²) in [5.41, 5.74) is -0.127. The Labute approximate surface area is 168 Å². The van der Waals surface area contributed by atoms with Crippen molar-refractivity contribution in [2.24, 2.45) is 0 Å². The van der Waals surface area contributed by atoms with Crippen LogP contribution in [0.25, 0.3) is 5.69 Å². The first-order chi connectivity index (χ1) is 14.4. The number of nitrogens with zero attached hydrogens (tertiary/aromatic N) is 3. The minimum Gasteiger partial charge on any atom is -0.350 e. The number of carbonyl (C=O) groups excluding carboxylic acids is 1. The Kier molecular flexibility index (Phi) is 5.13. The molecule has 0 saturated carbocycles. The smallest absolute Gasteiger partial charge is 0.333 e. The fraction of sp³-hybridized carbons (Fsp3) is 0.250. The molecule has 2 heterocycles. The van der Waals surface area contributed by atoms with Gasteiger partial charge in [-0.15, -0.1) is 0 Å². The second-order valence-electron chi connectivity index (χ2n) is 6.91. The molecule has 4 rings (SSSR count). The summed E-state index contributed by atoms with van der Waals surface area (Å²) in [4.78, 5) is 51.6. The van der Waals surface area contributed by atoms with Crippen LogP contribution >= 0.6 is 0 Å². The third-order valence-electron chi connectivity index (χ3n) is 4.94. The molecule has 30 heavy (non-hydrogen) atoms. The Balaban J connectivity index is 1.51. The minimum atomic E-state index is -0.837. The Bertz CT molecular complexity index is 1290. The van der Waals surface area contributed by atoms with Crippen molar-refractivity contribution in [2.75, 3.05) is 6.54 Å². The van der Waals surface area contributed by atoms with Crippen LogP contribution in [0.5, 0.6) is 0 Å². The molecule has 0 aliphatic heterocycles. The summed E-state index contributed by atoms with van der Waals surface area (Å²) in [5.74, 6) is -1.23. The number of benzene rings is 1. The molecule has 2 N–H and O–H groups in total. The standard InChI is InChI=1S/C20H18FN5O4/c21-13-4-6-14(7-5-13)26-19(29)15(11-23-20(26)30)18(28)22-8-9-25-17(27)10-12-2-1-3-16(12)24-25/h4-7,10-11H,1-3,8-9H2,(H,22,28)(H,23,30). The average molecular weight is 411 g/mol. The first-order valence-corrected chi connectivity index (χ1v) is 9.43. The van der Waals surface area contributed by atoms with E-state index in [1.54, 1.807) is 6.07 Å². The van der Waals surface area contributed by atoms with E-state index in [2.05, 4.69) is 15.4 Å². The predicted molar refractivity (Wildman–Crippen MR) is 105 cm³/mol. The van der Waals surface area contributed by atoms with Crippen molar-refractivity contribution < 1.29 is 9.18 Å². The Hall–Kier alpha value is -3.82. The van der Waals surface area contributed by atoms with Gasteiger partial charge in [-0.1, -0.05) is 0 Å². The average Bonchev–Trinajstić information content (AvgIpc) is 3.16. The highest BCUT2D eigenvalue weighted by Crippen LogP contribution is 2.16. The molecule has 1 aliphatic rings. The van der Waals surface area contributed by atoms with Crippen molar-refractivity contribution in [3.63, 3.8) is 0 Å². The van der Waals surface area contributed by atoms with E-state index in [1.807, 2.05) is 0 Å². The van der Waals surface area contributed by atoms with Crippen molar-refractivity contribution in [2.45, 2.75) is 25.8 Å². The summed E-state index contributed by atoms with van der Waals surface area (Å²) < 4.78 is 15.2. The topological polar surface area (TPSA) is 119 Å². The first kappa shape index (κ1) is 19.5. The quantitative estimate of drug-likeness (QED) is 0.619. The molecule has 9 nitrogen and oxygen atoms in total. The summed E-state index contributed by atoms with van der Waals surface area (Å²) in [6.45, 7) is 0.215. The van der Waals surface area contributed by atoms with E-state index in [-0.39, 0.29) is 29.9 Å². The van der Waals surface area contributed by atoms with Crippen molar-refractivity contribution in [3.8, 4) is 5.69 Å². The maximum atomic E-state index is 13.1. The lowest BCUT2D eigenvalue weighted by molar-refractivity contribution is 0.0949. The number of halogens is 1. The second-order valence-corrected chi connectivity index (χ2v) is 6.91. The number of fused-ring (bicyclic) bond motifs is 1. The molecule has 3 aromatic rings. The molecule has 0 radical (unpaired) electrons. The van der Waals surface area contributed by atoms with Gasteiger partial charge in [-0.25, -0.2) is 18.4 Å². The number of nitrogens with one attached hydrogen (secondary N) is 2. The SMILES string of the molecule is O=C(NCCn1nc2c(cc1=O)CCC2)c1c[nH]c(=O)n(-c2ccc(F)cc2)c1=O. The molecule has 0 atom stereocenters. The fourth-order valence-corrected chi connectivity index (χ4v) is 3.43. The van der Waals surface area contributed by atoms with Crippen molar-refractivity contribution in [3.05, 3.63) is 90.4 Å². The van der Waals surface area contributed by atoms with Gasteiger partial charge in [0.15, 0.2) is 0 Å². The molecule has 0 fully saturated rings. The van der Waals surface area contributed by atoms with E-state index in [0.29, 0.717) is 0 Å². The molecule has 0 spiro atoms. The van der Waals surface area contributed by atoms with Gasteiger partial charge < -0.3 is 10.3 Å². The molecule has 10 heteroatoms. The lowest BCUT2D eigenvalue weighted by Crippen LogP contribution is -2.40. The van der Waals surface area contributed by atoms with Gasteiger partial charge in [0.05, 0.1) is 17.9 Å². The number of aromatic amines is 1. The van der Waals surface area contributed by atoms with Gasteiger partial charge in [0, 0.05) is 18.8 Å². The van der Waals surface area contributed by atoms with Gasteiger partial charge in [0.1, 0.15) is 11.4 Å². The van der Waals surface area contributed by atoms with Crippen LogP contribution in [0.3, 0.4) is 0 Å². The summed E-state index contributed by atoms with van der Waals surface area (Å²) in [6, 6.07) is 6.31. The van der Waals surface area contributed by atoms with Gasteiger partial charge >= 0.3 is 5.69 Å². The van der Waals surface area contributed by atoms with Crippen LogP contribution in [0.2, 0.25) is 0 Å². The lowest BCUT2D eigenvalue weighted by atomic mass is 10.2. The number of aryl methyl sites for hydroxylation is 2. The molecule has 1 amide bonds. The zero-order valence-electron chi connectivity index (χ0n) is 15.9. The predicted octanol–water partition coefficient (Wildman–Crippen LogP) is 0.140. The number of H-pyrrole nitrogens is 1. The monoisotopic (exact) mass is 411 g/mol. The number of carbonyl (C=O) groups is 1. The molecular formula is C20H18FN5O4. The van der Waals surface area contributed by atoms with Gasteiger partial charge in [-0.05, 0) is 49.1 Å². The highest BCUT2D eigenvalue weighted by atomic mass is 19.1. The van der Waals surface area contributed by atoms with Gasteiger partial charge in [0.25, 0.3) is 17.0 Å². The second kappa shape index (κ2) is 7.90. The highest BCUT2D eigenvalue weighted by molar-refractivity contribution is 5.93. The van der Waals surface area contributed by atoms with E-state index in [9.17, 15) is 23.6 Å². The zero-order valence-corrected chi connectivity index (χ0v) is 15.9. The summed E-state index contributed by atoms with van der Waals surface area (Å²) in [6.07, 6.45) is 3.67. The zero-order chi connectivity index (χ0) is 21.3. The summed E-state index contributed by atoms with van der Waals surface area (Å²) in [5, 5.41) is 6.88. The number of hydrogen-bond acceptors (Lipinski definition) is 5. The Morgan fingerprint density at radius 2 is 1.93 bits per heavy atom. The van der Waals surface area contributed by atoms with Crippen LogP contribution in [0, 0.1) is 5.82 Å². The number of aromatic nitrogens is 4. The van der Waals surface area contributed by atoms with E-state index >= 15 is 0 Å². The number of hydrogen-bond donors (Lipinski definition) is 2. The molecule has 1 aromatic carbocycles. The van der Waals surface area contributed by atoms with Crippen LogP contribution < -0.4 is 22.1 Å². The van der Waals surface area contributed by atoms with Gasteiger partial charge in [0.2, 0.25) is 0 Å². The lowest BCUT2D eigenvalue weighted by Gasteiger charge is -2.09. The van der Waals surface area contributed by atoms with Crippen LogP contribution in [0.1, 0.15) is 28.0 Å². The summed E-state index contributed by atoms with van der Waals surface area (Å²) >= 11 is 0. The number of amides is 1. The first-order valence-electron chi connectivity index (χ1n) is 9.43. The summed E-state index contributed by atoms with van der Waals surface area (Å²) in [7, 11) is 0. The molecule has 1 aliphatic carbocycles. The van der Waals surface area contributed by atoms with Crippen molar-refractivity contribution in [1.82, 2.24) is 24.6 Å². The Morgan fingerprint density at radius 1 is 1.17 bits per heavy atom. The van der Waals surface area contributed by atoms with Gasteiger partial charge in [-0.2, -0.15) is 5.10 Å². The molecule has 0 saturated heterocycles. The van der Waals surface area contributed by atoms with Crippen LogP contribution in [-0.2, 0) is 19.4 Å². The molecular weight excluding hydrogens is 393 g/mol. The largest absolute Gasteiger partial charge is 0.350 e. The molecule has 0 bridgehead atoms. The van der Waals surface area contributed by atoms with Crippen LogP contribution in [0.4, 0.5) is 4.39 Å². The third-order valence-corrected chi connectivity index (χ3v) is 4.94. The fourth-order valence-electron chi connectivity index (χ4n) is 3.43. The van der Waals surface area contributed by atoms with E-state index in [0.717, 1.165) is 53.4 Å². The maximum absolute atomic E-state index is 13.1. The highest BCUT2D eigenvalue weighted by Gasteiger charge is 2.17. The Morgan fingerprint density at radius 3 is 2.70 bits per heavy atom. The van der Waals surface area contributed by atoms with Crippen LogP contribution in [0.15, 0.2) is 50.9 Å². The van der Waals surface area contributed by atoms with Crippen LogP contribution in [-0.4, -0.2) is 31.8 Å². The minimum absolute atomic E-state index is 0.0691. The van der Waals surface area contributed by atoms with Crippen molar-refractivity contribution >= 4 is 5.91 Å². The molecule has 0 unspecified atom stereocenters. The third kappa shape index (κ3) is 3.71. The van der Waals surface area contributed by atoms with E-state index < -0.39 is 23.0 Å². The van der Waals surface area contributed by atoms with E-state index in [4.69, 9.17) is 0 Å². The maximum Gasteiger partial charge on any atom is 0.333 e. The van der Waals surface area contributed by atoms with E-state index in [1.165, 1.54) is 16.8 Å². The van der Waals surface area contributed by atoms with Crippen molar-refractivity contribution in [1.29, 1.82) is 0 Å². The normalized spacial score (nSPS) is 12.6.